The molecule has 1 aliphatic carbocycles. The molecule has 1 atom stereocenters. The first kappa shape index (κ1) is 11.3. The van der Waals surface area contributed by atoms with Crippen LogP contribution in [-0.2, 0) is 0 Å². The summed E-state index contributed by atoms with van der Waals surface area (Å²) < 4.78 is 0. The van der Waals surface area contributed by atoms with Crippen LogP contribution in [0.5, 0.6) is 0 Å². The van der Waals surface area contributed by atoms with Crippen LogP contribution in [0, 0.1) is 0 Å². The van der Waals surface area contributed by atoms with Gasteiger partial charge >= 0.3 is 0 Å². The van der Waals surface area contributed by atoms with E-state index < -0.39 is 0 Å². The highest BCUT2D eigenvalue weighted by atomic mass is 35.5. The van der Waals surface area contributed by atoms with E-state index in [9.17, 15) is 0 Å². The average Bonchev–Trinajstić information content (AvgIpc) is 2.39. The van der Waals surface area contributed by atoms with Gasteiger partial charge in [0, 0.05) is 12.8 Å². The number of allylic oxidation sites excluding steroid dienone is 6. The van der Waals surface area contributed by atoms with Gasteiger partial charge in [-0.25, -0.2) is 0 Å². The molecule has 0 fully saturated rings. The summed E-state index contributed by atoms with van der Waals surface area (Å²) in [5.74, 6) is 0. The molecule has 0 saturated heterocycles. The minimum Gasteiger partial charge on any atom is -0.298 e. The Morgan fingerprint density at radius 2 is 2.29 bits per heavy atom. The fourth-order valence-corrected chi connectivity index (χ4v) is 1.38. The Bertz CT molecular complexity index is 297. The van der Waals surface area contributed by atoms with E-state index in [1.54, 1.807) is 0 Å². The summed E-state index contributed by atoms with van der Waals surface area (Å²) in [4.78, 5) is 4.13. The molecule has 0 bridgehead atoms. The Hall–Kier alpha value is -0.820. The molecule has 1 aliphatic rings. The fourth-order valence-electron chi connectivity index (χ4n) is 1.22. The van der Waals surface area contributed by atoms with Crippen LogP contribution in [0.2, 0.25) is 0 Å². The van der Waals surface area contributed by atoms with Crippen LogP contribution in [0.15, 0.2) is 40.9 Å². The number of hydrogen-bond donors (Lipinski definition) is 0. The lowest BCUT2D eigenvalue weighted by atomic mass is 10.1. The molecule has 1 rings (SSSR count). The number of alkyl halides is 1. The van der Waals surface area contributed by atoms with Crippen molar-refractivity contribution in [1.82, 2.24) is 0 Å². The van der Waals surface area contributed by atoms with Crippen molar-refractivity contribution in [1.29, 1.82) is 0 Å². The highest BCUT2D eigenvalue weighted by molar-refractivity contribution is 6.23. The zero-order valence-electron chi connectivity index (χ0n) is 8.70. The molecule has 0 amide bonds. The molecule has 1 nitrogen and oxygen atoms in total. The molecule has 0 aromatic rings. The van der Waals surface area contributed by atoms with E-state index >= 15 is 0 Å². The van der Waals surface area contributed by atoms with Crippen molar-refractivity contribution in [3.05, 3.63) is 36.0 Å². The molecule has 0 aromatic carbocycles. The third-order valence-corrected chi connectivity index (χ3v) is 2.55. The first-order valence-corrected chi connectivity index (χ1v) is 5.28. The van der Waals surface area contributed by atoms with Crippen molar-refractivity contribution in [2.45, 2.75) is 25.1 Å². The van der Waals surface area contributed by atoms with Gasteiger partial charge in [-0.3, -0.25) is 4.99 Å². The number of halogens is 1. The van der Waals surface area contributed by atoms with Crippen LogP contribution >= 0.6 is 11.6 Å². The Labute approximate surface area is 90.9 Å². The normalized spacial score (nSPS) is 22.1. The molecule has 0 radical (unpaired) electrons. The van der Waals surface area contributed by atoms with Gasteiger partial charge in [-0.05, 0) is 25.3 Å². The van der Waals surface area contributed by atoms with Crippen molar-refractivity contribution in [2.24, 2.45) is 4.99 Å². The van der Waals surface area contributed by atoms with E-state index in [4.69, 9.17) is 11.6 Å². The summed E-state index contributed by atoms with van der Waals surface area (Å²) in [6.45, 7) is 2.06. The molecular formula is C12H16ClN. The number of hydrogen-bond acceptors (Lipinski definition) is 1. The van der Waals surface area contributed by atoms with E-state index in [0.29, 0.717) is 0 Å². The van der Waals surface area contributed by atoms with E-state index in [2.05, 4.69) is 24.1 Å². The van der Waals surface area contributed by atoms with Gasteiger partial charge in [0.15, 0.2) is 0 Å². The summed E-state index contributed by atoms with van der Waals surface area (Å²) in [7, 11) is 1.83. The van der Waals surface area contributed by atoms with Crippen molar-refractivity contribution >= 4 is 17.3 Å². The molecule has 0 saturated carbocycles. The second kappa shape index (κ2) is 5.82. The quantitative estimate of drug-likeness (QED) is 0.498. The van der Waals surface area contributed by atoms with Crippen LogP contribution in [0.3, 0.4) is 0 Å². The lowest BCUT2D eigenvalue weighted by Crippen LogP contribution is -1.91. The molecular weight excluding hydrogens is 194 g/mol. The smallest absolute Gasteiger partial charge is 0.0703 e. The molecule has 0 N–H and O–H groups in total. The van der Waals surface area contributed by atoms with Gasteiger partial charge in [-0.2, -0.15) is 0 Å². The maximum atomic E-state index is 5.95. The first-order chi connectivity index (χ1) is 6.72. The zero-order valence-corrected chi connectivity index (χ0v) is 9.46. The molecule has 14 heavy (non-hydrogen) atoms. The Morgan fingerprint density at radius 1 is 1.50 bits per heavy atom. The topological polar surface area (TPSA) is 12.4 Å². The van der Waals surface area contributed by atoms with Crippen LogP contribution in [0.25, 0.3) is 0 Å². The molecule has 0 aromatic heterocycles. The number of aliphatic imine (C=N–C) groups is 1. The predicted octanol–water partition coefficient (Wildman–Crippen LogP) is 3.52. The predicted molar refractivity (Wildman–Crippen MR) is 64.3 cm³/mol. The fraction of sp³-hybridized carbons (Fsp3) is 0.417. The minimum atomic E-state index is 0.0321. The van der Waals surface area contributed by atoms with Gasteiger partial charge < -0.3 is 0 Å². The van der Waals surface area contributed by atoms with Crippen LogP contribution < -0.4 is 0 Å². The van der Waals surface area contributed by atoms with Crippen LogP contribution in [-0.4, -0.2) is 18.1 Å². The minimum absolute atomic E-state index is 0.0321. The molecule has 2 heteroatoms. The van der Waals surface area contributed by atoms with Gasteiger partial charge in [0.1, 0.15) is 0 Å². The van der Waals surface area contributed by atoms with Crippen molar-refractivity contribution in [2.75, 3.05) is 7.05 Å². The second-order valence-electron chi connectivity index (χ2n) is 3.39. The van der Waals surface area contributed by atoms with Crippen LogP contribution in [0.4, 0.5) is 0 Å². The maximum Gasteiger partial charge on any atom is 0.0703 e. The third kappa shape index (κ3) is 3.93. The lowest BCUT2D eigenvalue weighted by molar-refractivity contribution is 1.03. The molecule has 0 heterocycles. The molecule has 1 unspecified atom stereocenters. The highest BCUT2D eigenvalue weighted by Gasteiger charge is 1.99. The summed E-state index contributed by atoms with van der Waals surface area (Å²) in [6, 6.07) is 0. The number of nitrogens with zero attached hydrogens (tertiary/aromatic N) is 1. The third-order valence-electron chi connectivity index (χ3n) is 2.26. The summed E-state index contributed by atoms with van der Waals surface area (Å²) in [6.07, 6.45) is 12.3. The average molecular weight is 210 g/mol. The SMILES string of the molecule is CN=C(C)CCC1=CC=CC(Cl)C=C1. The molecule has 0 aliphatic heterocycles. The maximum absolute atomic E-state index is 5.95. The largest absolute Gasteiger partial charge is 0.298 e. The summed E-state index contributed by atoms with van der Waals surface area (Å²) in [5.41, 5.74) is 2.50. The first-order valence-electron chi connectivity index (χ1n) is 4.84. The van der Waals surface area contributed by atoms with Crippen molar-refractivity contribution in [3.8, 4) is 0 Å². The van der Waals surface area contributed by atoms with E-state index in [0.717, 1.165) is 12.8 Å². The monoisotopic (exact) mass is 209 g/mol. The lowest BCUT2D eigenvalue weighted by Gasteiger charge is -2.00. The highest BCUT2D eigenvalue weighted by Crippen LogP contribution is 2.14. The zero-order chi connectivity index (χ0) is 10.4. The Morgan fingerprint density at radius 3 is 3.00 bits per heavy atom. The standard InChI is InChI=1S/C12H16ClN/c1-10(14-2)6-7-11-4-3-5-12(13)9-8-11/h3-5,8-9,12H,6-7H2,1-2H3. The van der Waals surface area contributed by atoms with Gasteiger partial charge in [0.05, 0.1) is 5.38 Å². The van der Waals surface area contributed by atoms with Crippen molar-refractivity contribution in [3.63, 3.8) is 0 Å². The van der Waals surface area contributed by atoms with E-state index in [-0.39, 0.29) is 5.38 Å². The number of rotatable bonds is 3. The summed E-state index contributed by atoms with van der Waals surface area (Å²) >= 11 is 5.95. The Kier molecular flexibility index (Phi) is 4.68. The van der Waals surface area contributed by atoms with Gasteiger partial charge in [0.2, 0.25) is 0 Å². The Balaban J connectivity index is 2.50. The van der Waals surface area contributed by atoms with Gasteiger partial charge in [-0.15, -0.1) is 11.6 Å². The molecule has 0 spiro atoms. The van der Waals surface area contributed by atoms with Crippen molar-refractivity contribution < 1.29 is 0 Å². The van der Waals surface area contributed by atoms with E-state index in [1.807, 2.05) is 25.3 Å². The molecule has 76 valence electrons. The van der Waals surface area contributed by atoms with E-state index in [1.165, 1.54) is 11.3 Å². The van der Waals surface area contributed by atoms with Gasteiger partial charge in [-0.1, -0.05) is 30.4 Å². The van der Waals surface area contributed by atoms with Crippen LogP contribution in [0.1, 0.15) is 19.8 Å². The summed E-state index contributed by atoms with van der Waals surface area (Å²) in [5, 5.41) is 0.0321. The van der Waals surface area contributed by atoms with Gasteiger partial charge in [0.25, 0.3) is 0 Å². The second-order valence-corrected chi connectivity index (χ2v) is 3.89.